The molecule has 6 heteroatoms. The molecule has 23 heavy (non-hydrogen) atoms. The van der Waals surface area contributed by atoms with Crippen molar-refractivity contribution in [2.45, 2.75) is 25.4 Å². The Morgan fingerprint density at radius 3 is 2.74 bits per heavy atom. The van der Waals surface area contributed by atoms with Gasteiger partial charge in [-0.3, -0.25) is 9.69 Å². The predicted octanol–water partition coefficient (Wildman–Crippen LogP) is 3.04. The lowest BCUT2D eigenvalue weighted by Crippen LogP contribution is -2.39. The number of likely N-dealkylation sites (N-methyl/N-ethyl adjacent to an activating group) is 1. The van der Waals surface area contributed by atoms with Crippen LogP contribution in [0.2, 0.25) is 0 Å². The summed E-state index contributed by atoms with van der Waals surface area (Å²) in [6.45, 7) is 2.55. The standard InChI is InChI=1S/C17H18F2N2O2/c1-10-6-8-23-16(10)17(22)20-14-5-7-21(2)15(14)11-3-4-12(18)13(19)9-11/h3-4,6,8-9,14-15H,5,7H2,1-2H3,(H,20,22)/t14-,15-/m1/s1. The van der Waals surface area contributed by atoms with E-state index < -0.39 is 11.6 Å². The number of carbonyl (C=O) groups is 1. The molecule has 1 fully saturated rings. The van der Waals surface area contributed by atoms with Crippen LogP contribution in [0.25, 0.3) is 0 Å². The van der Waals surface area contributed by atoms with Gasteiger partial charge in [0.1, 0.15) is 0 Å². The summed E-state index contributed by atoms with van der Waals surface area (Å²) < 4.78 is 31.9. The number of furan rings is 1. The van der Waals surface area contributed by atoms with Crippen LogP contribution in [0.3, 0.4) is 0 Å². The quantitative estimate of drug-likeness (QED) is 0.945. The fraction of sp³-hybridized carbons (Fsp3) is 0.353. The Bertz CT molecular complexity index is 729. The molecule has 0 unspecified atom stereocenters. The Hall–Kier alpha value is -2.21. The monoisotopic (exact) mass is 320 g/mol. The summed E-state index contributed by atoms with van der Waals surface area (Å²) in [5.74, 6) is -1.76. The maximum absolute atomic E-state index is 13.5. The van der Waals surface area contributed by atoms with Gasteiger partial charge in [-0.2, -0.15) is 0 Å². The number of hydrogen-bond donors (Lipinski definition) is 1. The molecule has 1 aliphatic rings. The van der Waals surface area contributed by atoms with Gasteiger partial charge in [-0.25, -0.2) is 8.78 Å². The normalized spacial score (nSPS) is 21.6. The number of aryl methyl sites for hydroxylation is 1. The molecule has 1 aliphatic heterocycles. The first kappa shape index (κ1) is 15.7. The maximum atomic E-state index is 13.5. The molecule has 4 nitrogen and oxygen atoms in total. The van der Waals surface area contributed by atoms with E-state index in [1.807, 2.05) is 11.9 Å². The van der Waals surface area contributed by atoms with Gasteiger partial charge in [0, 0.05) is 12.1 Å². The SMILES string of the molecule is Cc1ccoc1C(=O)N[C@@H]1CCN(C)[C@@H]1c1ccc(F)c(F)c1. The third-order valence-electron chi connectivity index (χ3n) is 4.32. The van der Waals surface area contributed by atoms with E-state index in [1.54, 1.807) is 19.1 Å². The summed E-state index contributed by atoms with van der Waals surface area (Å²) in [6.07, 6.45) is 2.20. The first-order valence-electron chi connectivity index (χ1n) is 7.47. The predicted molar refractivity (Wildman–Crippen MR) is 81.0 cm³/mol. The summed E-state index contributed by atoms with van der Waals surface area (Å²) in [5, 5.41) is 2.94. The second kappa shape index (κ2) is 6.12. The van der Waals surface area contributed by atoms with Gasteiger partial charge in [0.25, 0.3) is 5.91 Å². The fourth-order valence-corrected chi connectivity index (χ4v) is 3.12. The summed E-state index contributed by atoms with van der Waals surface area (Å²) in [5.41, 5.74) is 1.41. The number of carbonyl (C=O) groups excluding carboxylic acids is 1. The van der Waals surface area contributed by atoms with E-state index >= 15 is 0 Å². The summed E-state index contributed by atoms with van der Waals surface area (Å²) in [7, 11) is 1.90. The van der Waals surface area contributed by atoms with Crippen molar-refractivity contribution in [1.82, 2.24) is 10.2 Å². The van der Waals surface area contributed by atoms with Crippen molar-refractivity contribution in [3.05, 3.63) is 59.1 Å². The number of hydrogen-bond acceptors (Lipinski definition) is 3. The Kier molecular flexibility index (Phi) is 4.17. The van der Waals surface area contributed by atoms with E-state index in [9.17, 15) is 13.6 Å². The molecule has 1 amide bonds. The lowest BCUT2D eigenvalue weighted by Gasteiger charge is -2.26. The molecule has 2 atom stereocenters. The lowest BCUT2D eigenvalue weighted by molar-refractivity contribution is 0.0898. The van der Waals surface area contributed by atoms with Crippen LogP contribution in [0.1, 0.15) is 34.1 Å². The maximum Gasteiger partial charge on any atom is 0.287 e. The summed E-state index contributed by atoms with van der Waals surface area (Å²) in [6, 6.07) is 5.20. The zero-order chi connectivity index (χ0) is 16.6. The molecule has 1 aromatic heterocycles. The fourth-order valence-electron chi connectivity index (χ4n) is 3.12. The molecule has 0 aliphatic carbocycles. The minimum absolute atomic E-state index is 0.193. The Balaban J connectivity index is 1.82. The lowest BCUT2D eigenvalue weighted by atomic mass is 9.99. The van der Waals surface area contributed by atoms with Crippen molar-refractivity contribution in [3.63, 3.8) is 0 Å². The number of nitrogens with one attached hydrogen (secondary N) is 1. The molecule has 1 aromatic carbocycles. The van der Waals surface area contributed by atoms with Crippen molar-refractivity contribution in [2.75, 3.05) is 13.6 Å². The van der Waals surface area contributed by atoms with Crippen molar-refractivity contribution >= 4 is 5.91 Å². The van der Waals surface area contributed by atoms with Crippen molar-refractivity contribution in [2.24, 2.45) is 0 Å². The molecule has 0 radical (unpaired) electrons. The molecule has 0 saturated carbocycles. The van der Waals surface area contributed by atoms with E-state index in [1.165, 1.54) is 12.3 Å². The molecular formula is C17H18F2N2O2. The van der Waals surface area contributed by atoms with E-state index in [2.05, 4.69) is 5.32 Å². The van der Waals surface area contributed by atoms with Crippen LogP contribution in [0, 0.1) is 18.6 Å². The second-order valence-corrected chi connectivity index (χ2v) is 5.90. The Morgan fingerprint density at radius 2 is 2.09 bits per heavy atom. The van der Waals surface area contributed by atoms with E-state index in [4.69, 9.17) is 4.42 Å². The molecule has 1 N–H and O–H groups in total. The van der Waals surface area contributed by atoms with Gasteiger partial charge in [-0.15, -0.1) is 0 Å². The molecule has 0 spiro atoms. The largest absolute Gasteiger partial charge is 0.459 e. The van der Waals surface area contributed by atoms with Crippen LogP contribution in [0.15, 0.2) is 34.9 Å². The number of rotatable bonds is 3. The van der Waals surface area contributed by atoms with E-state index in [0.717, 1.165) is 24.6 Å². The number of likely N-dealkylation sites (tertiary alicyclic amines) is 1. The van der Waals surface area contributed by atoms with Crippen LogP contribution >= 0.6 is 0 Å². The number of benzene rings is 1. The zero-order valence-corrected chi connectivity index (χ0v) is 13.0. The van der Waals surface area contributed by atoms with Gasteiger partial charge >= 0.3 is 0 Å². The summed E-state index contributed by atoms with van der Waals surface area (Å²) >= 11 is 0. The first-order valence-corrected chi connectivity index (χ1v) is 7.47. The second-order valence-electron chi connectivity index (χ2n) is 5.90. The van der Waals surface area contributed by atoms with Crippen molar-refractivity contribution < 1.29 is 18.0 Å². The molecule has 2 heterocycles. The minimum Gasteiger partial charge on any atom is -0.459 e. The van der Waals surface area contributed by atoms with Gasteiger partial charge < -0.3 is 9.73 Å². The Labute approximate surface area is 133 Å². The average molecular weight is 320 g/mol. The van der Waals surface area contributed by atoms with Gasteiger partial charge in [-0.1, -0.05) is 6.07 Å². The number of amides is 1. The molecule has 3 rings (SSSR count). The van der Waals surface area contributed by atoms with Gasteiger partial charge in [0.2, 0.25) is 0 Å². The third-order valence-corrected chi connectivity index (χ3v) is 4.32. The zero-order valence-electron chi connectivity index (χ0n) is 13.0. The minimum atomic E-state index is -0.880. The number of halogens is 2. The highest BCUT2D eigenvalue weighted by molar-refractivity contribution is 5.93. The van der Waals surface area contributed by atoms with Crippen LogP contribution in [0.5, 0.6) is 0 Å². The van der Waals surface area contributed by atoms with E-state index in [-0.39, 0.29) is 23.8 Å². The van der Waals surface area contributed by atoms with E-state index in [0.29, 0.717) is 5.56 Å². The smallest absolute Gasteiger partial charge is 0.287 e. The van der Waals surface area contributed by atoms with Crippen LogP contribution in [-0.2, 0) is 0 Å². The summed E-state index contributed by atoms with van der Waals surface area (Å²) in [4.78, 5) is 14.4. The molecule has 2 aromatic rings. The molecule has 0 bridgehead atoms. The molecule has 122 valence electrons. The number of nitrogens with zero attached hydrogens (tertiary/aromatic N) is 1. The third kappa shape index (κ3) is 2.99. The van der Waals surface area contributed by atoms with Crippen LogP contribution < -0.4 is 5.32 Å². The van der Waals surface area contributed by atoms with Crippen LogP contribution in [-0.4, -0.2) is 30.4 Å². The highest BCUT2D eigenvalue weighted by Gasteiger charge is 2.35. The van der Waals surface area contributed by atoms with Gasteiger partial charge in [0.05, 0.1) is 18.3 Å². The molecule has 1 saturated heterocycles. The van der Waals surface area contributed by atoms with Gasteiger partial charge in [0.15, 0.2) is 17.4 Å². The molecular weight excluding hydrogens is 302 g/mol. The van der Waals surface area contributed by atoms with Crippen molar-refractivity contribution in [3.8, 4) is 0 Å². The topological polar surface area (TPSA) is 45.5 Å². The highest BCUT2D eigenvalue weighted by Crippen LogP contribution is 2.32. The Morgan fingerprint density at radius 1 is 1.30 bits per heavy atom. The van der Waals surface area contributed by atoms with Crippen molar-refractivity contribution in [1.29, 1.82) is 0 Å². The highest BCUT2D eigenvalue weighted by atomic mass is 19.2. The van der Waals surface area contributed by atoms with Crippen LogP contribution in [0.4, 0.5) is 8.78 Å². The average Bonchev–Trinajstić information content (AvgIpc) is 3.08. The first-order chi connectivity index (χ1) is 11.0. The van der Waals surface area contributed by atoms with Gasteiger partial charge in [-0.05, 0) is 44.2 Å².